The third-order valence-electron chi connectivity index (χ3n) is 2.72. The van der Waals surface area contributed by atoms with Crippen molar-refractivity contribution in [2.45, 2.75) is 10.6 Å². The molecule has 0 aliphatic rings. The van der Waals surface area contributed by atoms with Gasteiger partial charge in [-0.1, -0.05) is 30.3 Å². The van der Waals surface area contributed by atoms with Crippen LogP contribution in [0.2, 0.25) is 0 Å². The summed E-state index contributed by atoms with van der Waals surface area (Å²) < 4.78 is 29.8. The Hall–Kier alpha value is -2.01. The van der Waals surface area contributed by atoms with E-state index in [0.717, 1.165) is 5.56 Å². The second kappa shape index (κ2) is 5.32. The standard InChI is InChI=1S/C14H15NO3S/c1-18-13-9-12(15)7-8-14(13)19(16,17)10-11-5-3-2-4-6-11/h2-9H,10,15H2,1H3. The van der Waals surface area contributed by atoms with Gasteiger partial charge in [-0.2, -0.15) is 0 Å². The summed E-state index contributed by atoms with van der Waals surface area (Å²) in [6.07, 6.45) is 0. The Balaban J connectivity index is 2.40. The smallest absolute Gasteiger partial charge is 0.186 e. The fourth-order valence-corrected chi connectivity index (χ4v) is 3.32. The summed E-state index contributed by atoms with van der Waals surface area (Å²) in [7, 11) is -2.03. The van der Waals surface area contributed by atoms with Crippen LogP contribution in [0.5, 0.6) is 5.75 Å². The predicted molar refractivity (Wildman–Crippen MR) is 74.7 cm³/mol. The molecule has 2 N–H and O–H groups in total. The number of nitrogens with two attached hydrogens (primary N) is 1. The summed E-state index contributed by atoms with van der Waals surface area (Å²) in [5.41, 5.74) is 6.83. The molecule has 0 spiro atoms. The number of benzene rings is 2. The molecule has 0 fully saturated rings. The molecular weight excluding hydrogens is 262 g/mol. The van der Waals surface area contributed by atoms with Crippen LogP contribution in [0, 0.1) is 0 Å². The lowest BCUT2D eigenvalue weighted by Crippen LogP contribution is -2.07. The summed E-state index contributed by atoms with van der Waals surface area (Å²) in [5, 5.41) is 0. The van der Waals surface area contributed by atoms with Gasteiger partial charge < -0.3 is 10.5 Å². The number of hydrogen-bond donors (Lipinski definition) is 1. The number of anilines is 1. The van der Waals surface area contributed by atoms with Crippen LogP contribution in [-0.2, 0) is 15.6 Å². The lowest BCUT2D eigenvalue weighted by atomic mass is 10.2. The zero-order valence-electron chi connectivity index (χ0n) is 10.5. The second-order valence-electron chi connectivity index (χ2n) is 4.15. The minimum Gasteiger partial charge on any atom is -0.495 e. The van der Waals surface area contributed by atoms with Gasteiger partial charge in [-0.3, -0.25) is 0 Å². The van der Waals surface area contributed by atoms with Crippen LogP contribution in [-0.4, -0.2) is 15.5 Å². The van der Waals surface area contributed by atoms with E-state index in [2.05, 4.69) is 0 Å². The molecule has 0 aromatic heterocycles. The van der Waals surface area contributed by atoms with E-state index in [1.54, 1.807) is 18.2 Å². The minimum atomic E-state index is -3.45. The quantitative estimate of drug-likeness (QED) is 0.870. The molecule has 0 aliphatic heterocycles. The first-order valence-corrected chi connectivity index (χ1v) is 7.38. The van der Waals surface area contributed by atoms with Crippen molar-refractivity contribution in [3.8, 4) is 5.75 Å². The van der Waals surface area contributed by atoms with Crippen LogP contribution >= 0.6 is 0 Å². The molecular formula is C14H15NO3S. The third-order valence-corrected chi connectivity index (χ3v) is 4.44. The molecule has 5 heteroatoms. The van der Waals surface area contributed by atoms with Gasteiger partial charge in [0.05, 0.1) is 12.9 Å². The molecule has 2 aromatic rings. The van der Waals surface area contributed by atoms with Crippen LogP contribution in [0.15, 0.2) is 53.4 Å². The topological polar surface area (TPSA) is 69.4 Å². The Bertz CT molecular complexity index is 666. The normalized spacial score (nSPS) is 11.2. The maximum atomic E-state index is 12.4. The number of ether oxygens (including phenoxy) is 1. The maximum absolute atomic E-state index is 12.4. The Labute approximate surface area is 112 Å². The van der Waals surface area contributed by atoms with Gasteiger partial charge in [0, 0.05) is 11.8 Å². The van der Waals surface area contributed by atoms with E-state index in [1.807, 2.05) is 18.2 Å². The highest BCUT2D eigenvalue weighted by atomic mass is 32.2. The van der Waals surface area contributed by atoms with Crippen molar-refractivity contribution < 1.29 is 13.2 Å². The monoisotopic (exact) mass is 277 g/mol. The van der Waals surface area contributed by atoms with E-state index in [9.17, 15) is 8.42 Å². The summed E-state index contributed by atoms with van der Waals surface area (Å²) >= 11 is 0. The van der Waals surface area contributed by atoms with Crippen molar-refractivity contribution in [2.24, 2.45) is 0 Å². The number of methoxy groups -OCH3 is 1. The van der Waals surface area contributed by atoms with Gasteiger partial charge in [-0.15, -0.1) is 0 Å². The Morgan fingerprint density at radius 2 is 1.79 bits per heavy atom. The van der Waals surface area contributed by atoms with Crippen molar-refractivity contribution in [1.29, 1.82) is 0 Å². The molecule has 0 heterocycles. The largest absolute Gasteiger partial charge is 0.495 e. The average Bonchev–Trinajstić information content (AvgIpc) is 2.38. The molecule has 0 aliphatic carbocycles. The van der Waals surface area contributed by atoms with Crippen LogP contribution in [0.4, 0.5) is 5.69 Å². The fraction of sp³-hybridized carbons (Fsp3) is 0.143. The molecule has 0 atom stereocenters. The molecule has 2 aromatic carbocycles. The number of sulfone groups is 1. The lowest BCUT2D eigenvalue weighted by Gasteiger charge is -2.10. The van der Waals surface area contributed by atoms with E-state index in [4.69, 9.17) is 10.5 Å². The van der Waals surface area contributed by atoms with Crippen molar-refractivity contribution in [3.63, 3.8) is 0 Å². The molecule has 0 amide bonds. The lowest BCUT2D eigenvalue weighted by molar-refractivity contribution is 0.403. The van der Waals surface area contributed by atoms with Crippen molar-refractivity contribution in [2.75, 3.05) is 12.8 Å². The first-order chi connectivity index (χ1) is 9.03. The maximum Gasteiger partial charge on any atom is 0.186 e. The van der Waals surface area contributed by atoms with Gasteiger partial charge in [-0.05, 0) is 17.7 Å². The third kappa shape index (κ3) is 3.06. The SMILES string of the molecule is COc1cc(N)ccc1S(=O)(=O)Cc1ccccc1. The Morgan fingerprint density at radius 3 is 2.42 bits per heavy atom. The molecule has 0 saturated heterocycles. The second-order valence-corrected chi connectivity index (χ2v) is 6.11. The fourth-order valence-electron chi connectivity index (χ4n) is 1.81. The molecule has 0 unspecified atom stereocenters. The molecule has 2 rings (SSSR count). The van der Waals surface area contributed by atoms with E-state index in [0.29, 0.717) is 5.69 Å². The van der Waals surface area contributed by atoms with Gasteiger partial charge >= 0.3 is 0 Å². The minimum absolute atomic E-state index is 0.0614. The highest BCUT2D eigenvalue weighted by Crippen LogP contribution is 2.28. The zero-order chi connectivity index (χ0) is 13.9. The Morgan fingerprint density at radius 1 is 1.11 bits per heavy atom. The van der Waals surface area contributed by atoms with E-state index in [1.165, 1.54) is 19.2 Å². The summed E-state index contributed by atoms with van der Waals surface area (Å²) in [6, 6.07) is 13.6. The molecule has 4 nitrogen and oxygen atoms in total. The average molecular weight is 277 g/mol. The highest BCUT2D eigenvalue weighted by molar-refractivity contribution is 7.90. The zero-order valence-corrected chi connectivity index (χ0v) is 11.4. The molecule has 0 saturated carbocycles. The van der Waals surface area contributed by atoms with Gasteiger partial charge in [0.15, 0.2) is 9.84 Å². The Kier molecular flexibility index (Phi) is 3.76. The summed E-state index contributed by atoms with van der Waals surface area (Å²) in [4.78, 5) is 0.160. The molecule has 19 heavy (non-hydrogen) atoms. The van der Waals surface area contributed by atoms with Crippen LogP contribution in [0.3, 0.4) is 0 Å². The predicted octanol–water partition coefficient (Wildman–Crippen LogP) is 2.25. The molecule has 0 bridgehead atoms. The van der Waals surface area contributed by atoms with E-state index >= 15 is 0 Å². The highest BCUT2D eigenvalue weighted by Gasteiger charge is 2.20. The van der Waals surface area contributed by atoms with Crippen LogP contribution < -0.4 is 10.5 Å². The first kappa shape index (κ1) is 13.4. The summed E-state index contributed by atoms with van der Waals surface area (Å²) in [6.45, 7) is 0. The van der Waals surface area contributed by atoms with Crippen molar-refractivity contribution in [3.05, 3.63) is 54.1 Å². The molecule has 0 radical (unpaired) electrons. The van der Waals surface area contributed by atoms with Crippen LogP contribution in [0.25, 0.3) is 0 Å². The summed E-state index contributed by atoms with van der Waals surface area (Å²) in [5.74, 6) is 0.213. The van der Waals surface area contributed by atoms with Crippen LogP contribution in [0.1, 0.15) is 5.56 Å². The van der Waals surface area contributed by atoms with Gasteiger partial charge in [0.1, 0.15) is 10.6 Å². The molecule has 100 valence electrons. The van der Waals surface area contributed by atoms with Crippen molar-refractivity contribution in [1.82, 2.24) is 0 Å². The van der Waals surface area contributed by atoms with Gasteiger partial charge in [-0.25, -0.2) is 8.42 Å². The van der Waals surface area contributed by atoms with Crippen molar-refractivity contribution >= 4 is 15.5 Å². The number of rotatable bonds is 4. The number of nitrogen functional groups attached to an aromatic ring is 1. The van der Waals surface area contributed by atoms with Gasteiger partial charge in [0.2, 0.25) is 0 Å². The van der Waals surface area contributed by atoms with Gasteiger partial charge in [0.25, 0.3) is 0 Å². The van der Waals surface area contributed by atoms with E-state index in [-0.39, 0.29) is 16.4 Å². The number of hydrogen-bond acceptors (Lipinski definition) is 4. The van der Waals surface area contributed by atoms with E-state index < -0.39 is 9.84 Å². The first-order valence-electron chi connectivity index (χ1n) is 5.73.